The number of fused-ring (bicyclic) bond motifs is 14. The van der Waals surface area contributed by atoms with E-state index in [9.17, 15) is 0 Å². The molecule has 11 rings (SSSR count). The molecule has 230 valence electrons. The van der Waals surface area contributed by atoms with E-state index in [2.05, 4.69) is 132 Å². The van der Waals surface area contributed by atoms with Gasteiger partial charge >= 0.3 is 0 Å². The van der Waals surface area contributed by atoms with Gasteiger partial charge < -0.3 is 9.32 Å². The summed E-state index contributed by atoms with van der Waals surface area (Å²) < 4.78 is 11.6. The quantitative estimate of drug-likeness (QED) is 0.184. The highest BCUT2D eigenvalue weighted by atomic mass is 35.5. The topological polar surface area (TPSA) is 16.4 Å². The van der Waals surface area contributed by atoms with Gasteiger partial charge in [-0.25, -0.2) is 0 Å². The molecule has 0 unspecified atom stereocenters. The summed E-state index contributed by atoms with van der Waals surface area (Å²) in [5.41, 5.74) is 5.19. The summed E-state index contributed by atoms with van der Waals surface area (Å²) in [6.45, 7) is 0. The lowest BCUT2D eigenvalue weighted by Gasteiger charge is -2.26. The third kappa shape index (κ3) is 4.00. The van der Waals surface area contributed by atoms with Gasteiger partial charge in [-0.1, -0.05) is 96.5 Å². The van der Waals surface area contributed by atoms with Crippen molar-refractivity contribution in [2.75, 3.05) is 4.90 Å². The number of halogens is 1. The number of hydrogen-bond acceptors (Lipinski definition) is 4. The standard InChI is InChI=1S/C44H24ClNOS2/c45-27-16-21-37-35(23-27)31-18-13-26-14-19-33-32-11-6-12-36(43(32)49-44(33)40(26)42(31)47-37)46(28-8-2-1-3-9-28)29-17-20-34-39(24-29)48-38-22-15-25-7-4-5-10-30(25)41(34)38/h1-24H. The van der Waals surface area contributed by atoms with Gasteiger partial charge in [-0.2, -0.15) is 0 Å². The predicted octanol–water partition coefficient (Wildman–Crippen LogP) is 14.8. The van der Waals surface area contributed by atoms with Gasteiger partial charge in [-0.15, -0.1) is 22.7 Å². The molecule has 2 nitrogen and oxygen atoms in total. The average molecular weight is 682 g/mol. The van der Waals surface area contributed by atoms with Crippen LogP contribution < -0.4 is 4.90 Å². The van der Waals surface area contributed by atoms with Gasteiger partial charge in [0.05, 0.1) is 10.4 Å². The molecule has 0 N–H and O–H groups in total. The number of anilines is 3. The van der Waals surface area contributed by atoms with Crippen molar-refractivity contribution in [1.29, 1.82) is 0 Å². The molecule has 0 aliphatic rings. The molecule has 3 aromatic heterocycles. The second kappa shape index (κ2) is 10.3. The summed E-state index contributed by atoms with van der Waals surface area (Å²) in [6.07, 6.45) is 0. The zero-order valence-electron chi connectivity index (χ0n) is 25.9. The lowest BCUT2D eigenvalue weighted by Crippen LogP contribution is -2.09. The largest absolute Gasteiger partial charge is 0.455 e. The Morgan fingerprint density at radius 2 is 1.24 bits per heavy atom. The zero-order valence-corrected chi connectivity index (χ0v) is 28.3. The first-order chi connectivity index (χ1) is 24.2. The summed E-state index contributed by atoms with van der Waals surface area (Å²) in [4.78, 5) is 2.42. The van der Waals surface area contributed by atoms with E-state index in [1.807, 2.05) is 40.9 Å². The van der Waals surface area contributed by atoms with Gasteiger partial charge in [0.2, 0.25) is 0 Å². The number of nitrogens with zero attached hydrogens (tertiary/aromatic N) is 1. The minimum absolute atomic E-state index is 0.711. The molecule has 0 fully saturated rings. The fourth-order valence-corrected chi connectivity index (χ4v) is 10.4. The molecular weight excluding hydrogens is 658 g/mol. The first-order valence-electron chi connectivity index (χ1n) is 16.3. The first kappa shape index (κ1) is 27.5. The van der Waals surface area contributed by atoms with Crippen LogP contribution in [0, 0.1) is 0 Å². The molecule has 0 spiro atoms. The third-order valence-corrected chi connectivity index (χ3v) is 12.5. The molecule has 0 atom stereocenters. The van der Waals surface area contributed by atoms with Gasteiger partial charge in [0.15, 0.2) is 0 Å². The van der Waals surface area contributed by atoms with Crippen molar-refractivity contribution in [1.82, 2.24) is 0 Å². The van der Waals surface area contributed by atoms with Crippen LogP contribution in [-0.4, -0.2) is 0 Å². The van der Waals surface area contributed by atoms with Crippen LogP contribution in [-0.2, 0) is 0 Å². The summed E-state index contributed by atoms with van der Waals surface area (Å²) in [6, 6.07) is 52.4. The highest BCUT2D eigenvalue weighted by Crippen LogP contribution is 2.49. The van der Waals surface area contributed by atoms with Crippen LogP contribution in [0.2, 0.25) is 5.02 Å². The number of benzene rings is 8. The minimum Gasteiger partial charge on any atom is -0.455 e. The summed E-state index contributed by atoms with van der Waals surface area (Å²) in [7, 11) is 0. The smallest absolute Gasteiger partial charge is 0.144 e. The van der Waals surface area contributed by atoms with Gasteiger partial charge in [-0.3, -0.25) is 0 Å². The number of hydrogen-bond donors (Lipinski definition) is 0. The Labute approximate surface area is 293 Å². The Morgan fingerprint density at radius 3 is 2.16 bits per heavy atom. The molecule has 8 aromatic carbocycles. The SMILES string of the molecule is Clc1ccc2oc3c(ccc4ccc5c6cccc(N(c7ccccc7)c7ccc8c(c7)sc7ccc9ccccc9c78)c6sc5c43)c2c1. The number of thiophene rings is 2. The maximum Gasteiger partial charge on any atom is 0.144 e. The predicted molar refractivity (Wildman–Crippen MR) is 214 cm³/mol. The molecule has 0 aliphatic heterocycles. The van der Waals surface area contributed by atoms with Crippen LogP contribution >= 0.6 is 34.3 Å². The van der Waals surface area contributed by atoms with Gasteiger partial charge in [0.25, 0.3) is 0 Å². The van der Waals surface area contributed by atoms with E-state index in [4.69, 9.17) is 16.0 Å². The molecule has 49 heavy (non-hydrogen) atoms. The van der Waals surface area contributed by atoms with Crippen LogP contribution in [0.1, 0.15) is 0 Å². The maximum absolute atomic E-state index is 6.57. The van der Waals surface area contributed by atoms with Crippen LogP contribution in [0.25, 0.3) is 83.8 Å². The Morgan fingerprint density at radius 1 is 0.469 bits per heavy atom. The summed E-state index contributed by atoms with van der Waals surface area (Å²) >= 11 is 10.1. The number of para-hydroxylation sites is 1. The minimum atomic E-state index is 0.711. The Balaban J connectivity index is 1.18. The average Bonchev–Trinajstić information content (AvgIpc) is 3.83. The zero-order chi connectivity index (χ0) is 32.2. The molecule has 0 bridgehead atoms. The summed E-state index contributed by atoms with van der Waals surface area (Å²) in [5.74, 6) is 0. The van der Waals surface area contributed by atoms with E-state index in [0.29, 0.717) is 5.02 Å². The van der Waals surface area contributed by atoms with Crippen molar-refractivity contribution in [3.05, 3.63) is 151 Å². The highest BCUT2D eigenvalue weighted by Gasteiger charge is 2.21. The molecule has 3 heterocycles. The van der Waals surface area contributed by atoms with Crippen molar-refractivity contribution in [2.45, 2.75) is 0 Å². The molecule has 0 amide bonds. The van der Waals surface area contributed by atoms with E-state index in [1.54, 1.807) is 0 Å². The van der Waals surface area contributed by atoms with Crippen molar-refractivity contribution in [3.63, 3.8) is 0 Å². The third-order valence-electron chi connectivity index (χ3n) is 9.88. The molecule has 0 saturated heterocycles. The Bertz CT molecular complexity index is 3130. The van der Waals surface area contributed by atoms with Crippen molar-refractivity contribution < 1.29 is 4.42 Å². The van der Waals surface area contributed by atoms with E-state index >= 15 is 0 Å². The van der Waals surface area contributed by atoms with Crippen molar-refractivity contribution in [2.24, 2.45) is 0 Å². The van der Waals surface area contributed by atoms with Crippen LogP contribution in [0.5, 0.6) is 0 Å². The molecule has 0 radical (unpaired) electrons. The Kier molecular flexibility index (Phi) is 5.79. The van der Waals surface area contributed by atoms with E-state index in [-0.39, 0.29) is 0 Å². The molecule has 0 saturated carbocycles. The number of furan rings is 1. The summed E-state index contributed by atoms with van der Waals surface area (Å²) in [5, 5.41) is 12.9. The van der Waals surface area contributed by atoms with Crippen LogP contribution in [0.15, 0.2) is 150 Å². The lowest BCUT2D eigenvalue weighted by molar-refractivity contribution is 0.673. The second-order valence-electron chi connectivity index (χ2n) is 12.6. The molecule has 11 aromatic rings. The first-order valence-corrected chi connectivity index (χ1v) is 18.3. The van der Waals surface area contributed by atoms with Crippen molar-refractivity contribution in [3.8, 4) is 0 Å². The monoisotopic (exact) mass is 681 g/mol. The van der Waals surface area contributed by atoms with Crippen LogP contribution in [0.3, 0.4) is 0 Å². The van der Waals surface area contributed by atoms with Gasteiger partial charge in [0.1, 0.15) is 11.2 Å². The fraction of sp³-hybridized carbons (Fsp3) is 0. The highest BCUT2D eigenvalue weighted by molar-refractivity contribution is 7.27. The normalized spacial score (nSPS) is 12.2. The van der Waals surface area contributed by atoms with E-state index < -0.39 is 0 Å². The molecule has 5 heteroatoms. The molecular formula is C44H24ClNOS2. The van der Waals surface area contributed by atoms with E-state index in [0.717, 1.165) is 44.4 Å². The lowest BCUT2D eigenvalue weighted by atomic mass is 10.0. The fourth-order valence-electron chi connectivity index (χ4n) is 7.70. The van der Waals surface area contributed by atoms with Gasteiger partial charge in [0, 0.05) is 68.2 Å². The van der Waals surface area contributed by atoms with Crippen molar-refractivity contribution >= 4 is 135 Å². The van der Waals surface area contributed by atoms with E-state index in [1.165, 1.54) is 56.5 Å². The number of rotatable bonds is 3. The Hall–Kier alpha value is -5.39. The second-order valence-corrected chi connectivity index (χ2v) is 15.1. The van der Waals surface area contributed by atoms with Gasteiger partial charge in [-0.05, 0) is 76.8 Å². The molecule has 0 aliphatic carbocycles. The van der Waals surface area contributed by atoms with Crippen LogP contribution in [0.4, 0.5) is 17.1 Å². The maximum atomic E-state index is 6.57.